The zero-order valence-corrected chi connectivity index (χ0v) is 11.2. The Labute approximate surface area is 106 Å². The summed E-state index contributed by atoms with van der Waals surface area (Å²) in [6, 6.07) is 6.38. The number of hydrogen-bond acceptors (Lipinski definition) is 2. The van der Waals surface area contributed by atoms with E-state index in [1.807, 2.05) is 7.05 Å². The van der Waals surface area contributed by atoms with Gasteiger partial charge < -0.3 is 10.1 Å². The van der Waals surface area contributed by atoms with E-state index in [1.54, 1.807) is 0 Å². The summed E-state index contributed by atoms with van der Waals surface area (Å²) in [5, 5.41) is 3.15. The van der Waals surface area contributed by atoms with Crippen LogP contribution in [0, 0.1) is 0 Å². The van der Waals surface area contributed by atoms with Crippen molar-refractivity contribution in [3.05, 3.63) is 28.2 Å². The number of hydrogen-bond donors (Lipinski definition) is 1. The van der Waals surface area contributed by atoms with E-state index in [1.165, 1.54) is 24.8 Å². The number of halogens is 1. The van der Waals surface area contributed by atoms with Gasteiger partial charge in [0.05, 0.1) is 10.6 Å². The van der Waals surface area contributed by atoms with Crippen molar-refractivity contribution in [3.63, 3.8) is 0 Å². The zero-order valence-electron chi connectivity index (χ0n) is 9.63. The van der Waals surface area contributed by atoms with E-state index in [4.69, 9.17) is 4.74 Å². The van der Waals surface area contributed by atoms with Crippen molar-refractivity contribution < 1.29 is 4.74 Å². The molecular formula is C13H18BrNO. The monoisotopic (exact) mass is 283 g/mol. The Bertz CT molecular complexity index is 350. The molecule has 0 bridgehead atoms. The van der Waals surface area contributed by atoms with Gasteiger partial charge in [0.2, 0.25) is 0 Å². The van der Waals surface area contributed by atoms with E-state index in [9.17, 15) is 0 Å². The normalized spacial score (nSPS) is 15.9. The molecule has 2 nitrogen and oxygen atoms in total. The summed E-state index contributed by atoms with van der Waals surface area (Å²) in [5.41, 5.74) is 1.34. The third-order valence-electron chi connectivity index (χ3n) is 3.01. The average Bonchev–Trinajstić information content (AvgIpc) is 2.22. The van der Waals surface area contributed by atoms with Crippen LogP contribution in [0.15, 0.2) is 22.7 Å². The molecule has 0 radical (unpaired) electrons. The van der Waals surface area contributed by atoms with Crippen LogP contribution in [0.5, 0.6) is 5.75 Å². The first kappa shape index (κ1) is 11.9. The summed E-state index contributed by atoms with van der Waals surface area (Å²) in [5.74, 6) is 0.984. The molecule has 0 heterocycles. The van der Waals surface area contributed by atoms with Crippen molar-refractivity contribution >= 4 is 15.9 Å². The van der Waals surface area contributed by atoms with E-state index in [2.05, 4.69) is 39.4 Å². The van der Waals surface area contributed by atoms with Gasteiger partial charge in [-0.3, -0.25) is 0 Å². The Morgan fingerprint density at radius 2 is 2.25 bits per heavy atom. The Hall–Kier alpha value is -0.540. The first-order valence-electron chi connectivity index (χ1n) is 5.89. The lowest BCUT2D eigenvalue weighted by Crippen LogP contribution is -2.24. The molecule has 0 aliphatic heterocycles. The molecule has 0 atom stereocenters. The summed E-state index contributed by atoms with van der Waals surface area (Å²) in [4.78, 5) is 0. The molecule has 1 aromatic carbocycles. The zero-order chi connectivity index (χ0) is 11.4. The number of benzene rings is 1. The Balaban J connectivity index is 1.97. The van der Waals surface area contributed by atoms with Crippen LogP contribution >= 0.6 is 15.9 Å². The molecule has 1 aliphatic rings. The van der Waals surface area contributed by atoms with E-state index in [0.717, 1.165) is 23.2 Å². The molecule has 0 saturated heterocycles. The van der Waals surface area contributed by atoms with Crippen molar-refractivity contribution in [1.82, 2.24) is 5.32 Å². The van der Waals surface area contributed by atoms with Crippen LogP contribution in [0.25, 0.3) is 0 Å². The maximum Gasteiger partial charge on any atom is 0.133 e. The van der Waals surface area contributed by atoms with Crippen molar-refractivity contribution in [2.75, 3.05) is 13.6 Å². The molecule has 2 rings (SSSR count). The van der Waals surface area contributed by atoms with Crippen molar-refractivity contribution in [2.24, 2.45) is 0 Å². The van der Waals surface area contributed by atoms with Gasteiger partial charge in [0.25, 0.3) is 0 Å². The first-order valence-corrected chi connectivity index (χ1v) is 6.68. The highest BCUT2D eigenvalue weighted by Crippen LogP contribution is 2.31. The maximum absolute atomic E-state index is 5.88. The second-order valence-corrected chi connectivity index (χ2v) is 5.14. The number of nitrogens with one attached hydrogen (secondary N) is 1. The molecule has 0 aromatic heterocycles. The Morgan fingerprint density at radius 1 is 1.44 bits per heavy atom. The second kappa shape index (κ2) is 5.69. The summed E-state index contributed by atoms with van der Waals surface area (Å²) >= 11 is 3.58. The minimum atomic E-state index is 0.444. The third-order valence-corrected chi connectivity index (χ3v) is 3.63. The SMILES string of the molecule is CNCCc1ccc(OC2CCC2)c(Br)c1. The highest BCUT2D eigenvalue weighted by atomic mass is 79.9. The van der Waals surface area contributed by atoms with Gasteiger partial charge in [-0.15, -0.1) is 0 Å². The molecule has 88 valence electrons. The molecule has 0 unspecified atom stereocenters. The topological polar surface area (TPSA) is 21.3 Å². The molecule has 1 aliphatic carbocycles. The molecule has 1 N–H and O–H groups in total. The van der Waals surface area contributed by atoms with E-state index < -0.39 is 0 Å². The molecule has 0 spiro atoms. The lowest BCUT2D eigenvalue weighted by atomic mass is 9.96. The molecule has 0 amide bonds. The Kier molecular flexibility index (Phi) is 4.24. The van der Waals surface area contributed by atoms with Crippen LogP contribution in [0.2, 0.25) is 0 Å². The van der Waals surface area contributed by atoms with Crippen molar-refractivity contribution in [2.45, 2.75) is 31.8 Å². The Morgan fingerprint density at radius 3 is 2.81 bits per heavy atom. The minimum Gasteiger partial charge on any atom is -0.489 e. The number of likely N-dealkylation sites (N-methyl/N-ethyl adjacent to an activating group) is 1. The first-order chi connectivity index (χ1) is 7.79. The summed E-state index contributed by atoms with van der Waals surface area (Å²) in [6.45, 7) is 1.01. The molecular weight excluding hydrogens is 266 g/mol. The lowest BCUT2D eigenvalue weighted by Gasteiger charge is -2.27. The standard InChI is InChI=1S/C13H18BrNO/c1-15-8-7-10-5-6-13(12(14)9-10)16-11-3-2-4-11/h5-6,9,11,15H,2-4,7-8H2,1H3. The molecule has 16 heavy (non-hydrogen) atoms. The summed E-state index contributed by atoms with van der Waals surface area (Å²) in [6.07, 6.45) is 5.21. The van der Waals surface area contributed by atoms with E-state index >= 15 is 0 Å². The van der Waals surface area contributed by atoms with Crippen molar-refractivity contribution in [1.29, 1.82) is 0 Å². The van der Waals surface area contributed by atoms with Gasteiger partial charge in [-0.2, -0.15) is 0 Å². The van der Waals surface area contributed by atoms with Gasteiger partial charge in [0.1, 0.15) is 5.75 Å². The largest absolute Gasteiger partial charge is 0.489 e. The average molecular weight is 284 g/mol. The smallest absolute Gasteiger partial charge is 0.133 e. The number of rotatable bonds is 5. The summed E-state index contributed by atoms with van der Waals surface area (Å²) < 4.78 is 6.95. The van der Waals surface area contributed by atoms with Gasteiger partial charge >= 0.3 is 0 Å². The van der Waals surface area contributed by atoms with E-state index in [-0.39, 0.29) is 0 Å². The van der Waals surface area contributed by atoms with E-state index in [0.29, 0.717) is 6.10 Å². The molecule has 1 fully saturated rings. The predicted molar refractivity (Wildman–Crippen MR) is 70.0 cm³/mol. The molecule has 1 saturated carbocycles. The van der Waals surface area contributed by atoms with Gasteiger partial charge in [0, 0.05) is 0 Å². The molecule has 3 heteroatoms. The van der Waals surface area contributed by atoms with Crippen LogP contribution in [-0.4, -0.2) is 19.7 Å². The van der Waals surface area contributed by atoms with Crippen LogP contribution < -0.4 is 10.1 Å². The fourth-order valence-corrected chi connectivity index (χ4v) is 2.25. The third kappa shape index (κ3) is 2.98. The highest BCUT2D eigenvalue weighted by molar-refractivity contribution is 9.10. The van der Waals surface area contributed by atoms with Crippen LogP contribution in [0.3, 0.4) is 0 Å². The lowest BCUT2D eigenvalue weighted by molar-refractivity contribution is 0.119. The fraction of sp³-hybridized carbons (Fsp3) is 0.538. The minimum absolute atomic E-state index is 0.444. The highest BCUT2D eigenvalue weighted by Gasteiger charge is 2.19. The number of ether oxygens (including phenoxy) is 1. The van der Waals surface area contributed by atoms with Crippen molar-refractivity contribution in [3.8, 4) is 5.75 Å². The van der Waals surface area contributed by atoms with Crippen LogP contribution in [0.1, 0.15) is 24.8 Å². The van der Waals surface area contributed by atoms with Crippen LogP contribution in [0.4, 0.5) is 0 Å². The second-order valence-electron chi connectivity index (χ2n) is 4.29. The summed E-state index contributed by atoms with van der Waals surface area (Å²) in [7, 11) is 1.98. The van der Waals surface area contributed by atoms with Gasteiger partial charge in [-0.25, -0.2) is 0 Å². The fourth-order valence-electron chi connectivity index (χ4n) is 1.73. The quantitative estimate of drug-likeness (QED) is 0.897. The maximum atomic E-state index is 5.88. The van der Waals surface area contributed by atoms with Gasteiger partial charge in [-0.1, -0.05) is 6.07 Å². The van der Waals surface area contributed by atoms with Gasteiger partial charge in [-0.05, 0) is 72.9 Å². The van der Waals surface area contributed by atoms with Crippen LogP contribution in [-0.2, 0) is 6.42 Å². The van der Waals surface area contributed by atoms with Gasteiger partial charge in [0.15, 0.2) is 0 Å². The molecule has 1 aromatic rings. The predicted octanol–water partition coefficient (Wildman–Crippen LogP) is 3.14.